The molecule has 0 aliphatic carbocycles. The molecular formula is C23H20F3N3O4S. The monoisotopic (exact) mass is 491 g/mol. The molecule has 0 unspecified atom stereocenters. The number of rotatable bonds is 6. The number of carbonyl (C=O) groups excluding carboxylic acids is 3. The van der Waals surface area contributed by atoms with Gasteiger partial charge in [0.05, 0.1) is 17.5 Å². The van der Waals surface area contributed by atoms with E-state index < -0.39 is 29.2 Å². The predicted octanol–water partition coefficient (Wildman–Crippen LogP) is 4.92. The first-order chi connectivity index (χ1) is 16.2. The summed E-state index contributed by atoms with van der Waals surface area (Å²) in [7, 11) is 0. The van der Waals surface area contributed by atoms with Gasteiger partial charge in [0.1, 0.15) is 0 Å². The second-order valence-corrected chi connectivity index (χ2v) is 8.67. The summed E-state index contributed by atoms with van der Waals surface area (Å²) in [6.45, 7) is 1.03. The van der Waals surface area contributed by atoms with E-state index in [0.717, 1.165) is 24.1 Å². The summed E-state index contributed by atoms with van der Waals surface area (Å²) in [4.78, 5) is 39.7. The number of hydrogen-bond donors (Lipinski definition) is 2. The van der Waals surface area contributed by atoms with Crippen LogP contribution in [0, 0.1) is 0 Å². The molecule has 1 aliphatic rings. The van der Waals surface area contributed by atoms with E-state index in [1.54, 1.807) is 16.2 Å². The van der Waals surface area contributed by atoms with Crippen molar-refractivity contribution in [2.45, 2.75) is 32.0 Å². The number of fused-ring (bicyclic) bond motifs is 1. The standard InChI is InChI=1S/C23H20F3N3O4S/c24-23(25,26)16-12-15(27-22(32)18-2-1-10-33-18)3-4-17(16)28-20(30)5-6-21(31)29-9-7-19-14(13-29)8-11-34-19/h1-4,8,10-12H,5-7,9,13H2,(H,27,32)(H,28,30). The second kappa shape index (κ2) is 9.72. The van der Waals surface area contributed by atoms with Gasteiger partial charge in [-0.2, -0.15) is 13.2 Å². The Morgan fingerprint density at radius 2 is 1.91 bits per heavy atom. The zero-order valence-electron chi connectivity index (χ0n) is 17.8. The minimum atomic E-state index is -4.78. The van der Waals surface area contributed by atoms with E-state index in [1.165, 1.54) is 29.3 Å². The highest BCUT2D eigenvalue weighted by Crippen LogP contribution is 2.37. The van der Waals surface area contributed by atoms with Crippen molar-refractivity contribution in [3.05, 3.63) is 69.8 Å². The molecule has 0 spiro atoms. The van der Waals surface area contributed by atoms with Crippen LogP contribution in [0.1, 0.15) is 39.4 Å². The van der Waals surface area contributed by atoms with Crippen LogP contribution in [0.5, 0.6) is 0 Å². The summed E-state index contributed by atoms with van der Waals surface area (Å²) in [6.07, 6.45) is -3.12. The highest BCUT2D eigenvalue weighted by Gasteiger charge is 2.34. The minimum Gasteiger partial charge on any atom is -0.459 e. The third-order valence-corrected chi connectivity index (χ3v) is 6.35. The molecule has 1 aromatic carbocycles. The Balaban J connectivity index is 1.37. The molecule has 0 atom stereocenters. The molecule has 2 N–H and O–H groups in total. The molecule has 7 nitrogen and oxygen atoms in total. The summed E-state index contributed by atoms with van der Waals surface area (Å²) >= 11 is 1.64. The zero-order valence-corrected chi connectivity index (χ0v) is 18.6. The van der Waals surface area contributed by atoms with E-state index >= 15 is 0 Å². The van der Waals surface area contributed by atoms with E-state index in [9.17, 15) is 27.6 Å². The normalized spacial score (nSPS) is 13.3. The lowest BCUT2D eigenvalue weighted by atomic mass is 10.1. The molecule has 3 amide bonds. The summed E-state index contributed by atoms with van der Waals surface area (Å²) in [6, 6.07) is 7.84. The molecule has 1 aliphatic heterocycles. The van der Waals surface area contributed by atoms with Crippen LogP contribution >= 0.6 is 11.3 Å². The molecule has 3 aromatic rings. The number of nitrogens with one attached hydrogen (secondary N) is 2. The number of alkyl halides is 3. The van der Waals surface area contributed by atoms with Gasteiger partial charge in [-0.25, -0.2) is 0 Å². The first kappa shape index (κ1) is 23.6. The summed E-state index contributed by atoms with van der Waals surface area (Å²) < 4.78 is 45.7. The zero-order chi connectivity index (χ0) is 24.3. The van der Waals surface area contributed by atoms with Crippen molar-refractivity contribution >= 4 is 40.4 Å². The topological polar surface area (TPSA) is 91.7 Å². The Bertz CT molecular complexity index is 1200. The maximum absolute atomic E-state index is 13.6. The molecule has 11 heteroatoms. The summed E-state index contributed by atoms with van der Waals surface area (Å²) in [5.41, 5.74) is -0.602. The minimum absolute atomic E-state index is 0.0560. The molecule has 0 radical (unpaired) electrons. The van der Waals surface area contributed by atoms with Crippen LogP contribution in [0.4, 0.5) is 24.5 Å². The Morgan fingerprint density at radius 1 is 1.09 bits per heavy atom. The predicted molar refractivity (Wildman–Crippen MR) is 119 cm³/mol. The van der Waals surface area contributed by atoms with E-state index in [-0.39, 0.29) is 30.2 Å². The second-order valence-electron chi connectivity index (χ2n) is 7.67. The molecule has 3 heterocycles. The van der Waals surface area contributed by atoms with Gasteiger partial charge in [-0.05, 0) is 53.8 Å². The molecule has 4 rings (SSSR count). The van der Waals surface area contributed by atoms with Gasteiger partial charge in [0, 0.05) is 36.5 Å². The maximum atomic E-state index is 13.6. The van der Waals surface area contributed by atoms with Crippen molar-refractivity contribution in [2.75, 3.05) is 17.2 Å². The van der Waals surface area contributed by atoms with Crippen molar-refractivity contribution in [3.8, 4) is 0 Å². The van der Waals surface area contributed by atoms with Gasteiger partial charge in [0.2, 0.25) is 11.8 Å². The Hall–Kier alpha value is -3.60. The van der Waals surface area contributed by atoms with Crippen LogP contribution < -0.4 is 10.6 Å². The van der Waals surface area contributed by atoms with E-state index in [1.807, 2.05) is 11.4 Å². The fourth-order valence-corrected chi connectivity index (χ4v) is 4.51. The Labute approximate surface area is 196 Å². The number of carbonyl (C=O) groups is 3. The van der Waals surface area contributed by atoms with Gasteiger partial charge < -0.3 is 20.0 Å². The highest BCUT2D eigenvalue weighted by molar-refractivity contribution is 7.10. The van der Waals surface area contributed by atoms with Crippen LogP contribution in [0.15, 0.2) is 52.5 Å². The van der Waals surface area contributed by atoms with Gasteiger partial charge in [-0.3, -0.25) is 14.4 Å². The molecular weight excluding hydrogens is 471 g/mol. The third kappa shape index (κ3) is 5.48. The van der Waals surface area contributed by atoms with E-state index in [0.29, 0.717) is 13.1 Å². The van der Waals surface area contributed by atoms with Crippen LogP contribution in [-0.4, -0.2) is 29.2 Å². The van der Waals surface area contributed by atoms with Gasteiger partial charge in [-0.1, -0.05) is 0 Å². The molecule has 0 fully saturated rings. The number of anilines is 2. The number of nitrogens with zero attached hydrogens (tertiary/aromatic N) is 1. The van der Waals surface area contributed by atoms with Crippen LogP contribution in [-0.2, 0) is 28.7 Å². The van der Waals surface area contributed by atoms with Crippen LogP contribution in [0.25, 0.3) is 0 Å². The quantitative estimate of drug-likeness (QED) is 0.512. The number of thiophene rings is 1. The number of hydrogen-bond acceptors (Lipinski definition) is 5. The lowest BCUT2D eigenvalue weighted by Gasteiger charge is -2.27. The SMILES string of the molecule is O=C(CCC(=O)N1CCc2sccc2C1)Nc1ccc(NC(=O)c2ccco2)cc1C(F)(F)F. The molecule has 0 saturated heterocycles. The van der Waals surface area contributed by atoms with Crippen LogP contribution in [0.3, 0.4) is 0 Å². The first-order valence-corrected chi connectivity index (χ1v) is 11.3. The summed E-state index contributed by atoms with van der Waals surface area (Å²) in [5.74, 6) is -1.70. The number of benzene rings is 1. The number of amides is 3. The Morgan fingerprint density at radius 3 is 2.65 bits per heavy atom. The van der Waals surface area contributed by atoms with Gasteiger partial charge >= 0.3 is 6.18 Å². The van der Waals surface area contributed by atoms with Crippen molar-refractivity contribution in [3.63, 3.8) is 0 Å². The van der Waals surface area contributed by atoms with E-state index in [2.05, 4.69) is 10.6 Å². The van der Waals surface area contributed by atoms with Gasteiger partial charge in [-0.15, -0.1) is 11.3 Å². The first-order valence-electron chi connectivity index (χ1n) is 10.4. The lowest BCUT2D eigenvalue weighted by molar-refractivity contribution is -0.137. The van der Waals surface area contributed by atoms with E-state index in [4.69, 9.17) is 4.42 Å². The number of furan rings is 1. The van der Waals surface area contributed by atoms with Crippen molar-refractivity contribution in [1.29, 1.82) is 0 Å². The fourth-order valence-electron chi connectivity index (χ4n) is 3.62. The van der Waals surface area contributed by atoms with Crippen molar-refractivity contribution < 1.29 is 32.0 Å². The smallest absolute Gasteiger partial charge is 0.418 e. The largest absolute Gasteiger partial charge is 0.459 e. The molecule has 34 heavy (non-hydrogen) atoms. The molecule has 2 aromatic heterocycles. The van der Waals surface area contributed by atoms with Crippen LogP contribution in [0.2, 0.25) is 0 Å². The lowest BCUT2D eigenvalue weighted by Crippen LogP contribution is -2.35. The van der Waals surface area contributed by atoms with Gasteiger partial charge in [0.25, 0.3) is 5.91 Å². The highest BCUT2D eigenvalue weighted by atomic mass is 32.1. The number of halogens is 3. The molecule has 178 valence electrons. The third-order valence-electron chi connectivity index (χ3n) is 5.33. The molecule has 0 saturated carbocycles. The Kier molecular flexibility index (Phi) is 6.73. The molecule has 0 bridgehead atoms. The average Bonchev–Trinajstić information content (AvgIpc) is 3.49. The van der Waals surface area contributed by atoms with Gasteiger partial charge in [0.15, 0.2) is 5.76 Å². The average molecular weight is 491 g/mol. The van der Waals surface area contributed by atoms with Crippen molar-refractivity contribution in [2.24, 2.45) is 0 Å². The van der Waals surface area contributed by atoms with Crippen molar-refractivity contribution in [1.82, 2.24) is 4.90 Å². The summed E-state index contributed by atoms with van der Waals surface area (Å²) in [5, 5.41) is 6.53. The maximum Gasteiger partial charge on any atom is 0.418 e. The fraction of sp³-hybridized carbons (Fsp3) is 0.261.